The van der Waals surface area contributed by atoms with Gasteiger partial charge in [0.1, 0.15) is 0 Å². The first kappa shape index (κ1) is 22.8. The molecule has 0 bridgehead atoms. The van der Waals surface area contributed by atoms with Gasteiger partial charge in [0, 0.05) is 25.9 Å². The van der Waals surface area contributed by atoms with Gasteiger partial charge in [-0.1, -0.05) is 13.8 Å². The normalized spacial score (nSPS) is 12.4. The van der Waals surface area contributed by atoms with Crippen molar-refractivity contribution in [1.29, 1.82) is 0 Å². The second kappa shape index (κ2) is 9.91. The minimum Gasteiger partial charge on any atom is -0.355 e. The molecule has 24 heavy (non-hydrogen) atoms. The van der Waals surface area contributed by atoms with Crippen LogP contribution >= 0.6 is 0 Å². The molecule has 0 aliphatic heterocycles. The third-order valence-corrected chi connectivity index (χ3v) is 4.64. The summed E-state index contributed by atoms with van der Waals surface area (Å²) in [6.07, 6.45) is -0.0380. The van der Waals surface area contributed by atoms with E-state index in [0.29, 0.717) is 0 Å². The third-order valence-electron chi connectivity index (χ3n) is 3.20. The highest BCUT2D eigenvalue weighted by Gasteiger charge is 2.21. The molecule has 0 spiro atoms. The average Bonchev–Trinajstić information content (AvgIpc) is 2.34. The molecular weight excluding hydrogens is 364 g/mol. The molecular formula is C12H24N2O8S2. The zero-order chi connectivity index (χ0) is 19.0. The van der Waals surface area contributed by atoms with E-state index in [1.807, 2.05) is 13.8 Å². The monoisotopic (exact) mass is 388 g/mol. The molecule has 2 amide bonds. The summed E-state index contributed by atoms with van der Waals surface area (Å²) in [5.74, 6) is -2.46. The number of hydrogen-bond donors (Lipinski definition) is 4. The van der Waals surface area contributed by atoms with Crippen molar-refractivity contribution >= 4 is 32.1 Å². The van der Waals surface area contributed by atoms with Crippen molar-refractivity contribution < 1.29 is 35.5 Å². The quantitative estimate of drug-likeness (QED) is 0.328. The van der Waals surface area contributed by atoms with Gasteiger partial charge in [-0.3, -0.25) is 18.7 Å². The van der Waals surface area contributed by atoms with Crippen LogP contribution in [0.15, 0.2) is 0 Å². The van der Waals surface area contributed by atoms with E-state index >= 15 is 0 Å². The summed E-state index contributed by atoms with van der Waals surface area (Å²) in [7, 11) is -8.31. The minimum absolute atomic E-state index is 0.0190. The second-order valence-electron chi connectivity index (χ2n) is 5.68. The molecule has 0 aromatic rings. The maximum Gasteiger partial charge on any atom is 0.266 e. The lowest BCUT2D eigenvalue weighted by molar-refractivity contribution is -0.124. The minimum atomic E-state index is -4.15. The first-order valence-corrected chi connectivity index (χ1v) is 10.5. The van der Waals surface area contributed by atoms with Crippen LogP contribution in [0, 0.1) is 11.8 Å². The fraction of sp³-hybridized carbons (Fsp3) is 0.833. The van der Waals surface area contributed by atoms with Gasteiger partial charge in [-0.05, 0) is 11.8 Å². The van der Waals surface area contributed by atoms with Crippen molar-refractivity contribution in [3.63, 3.8) is 0 Å². The molecule has 0 saturated carbocycles. The summed E-state index contributed by atoms with van der Waals surface area (Å²) in [6.45, 7) is 3.15. The average molecular weight is 388 g/mol. The van der Waals surface area contributed by atoms with E-state index in [-0.39, 0.29) is 37.8 Å². The van der Waals surface area contributed by atoms with E-state index in [9.17, 15) is 26.4 Å². The summed E-state index contributed by atoms with van der Waals surface area (Å²) in [5, 5.41) is 4.68. The van der Waals surface area contributed by atoms with Gasteiger partial charge >= 0.3 is 0 Å². The predicted molar refractivity (Wildman–Crippen MR) is 86.4 cm³/mol. The first-order chi connectivity index (χ1) is 10.8. The Bertz CT molecular complexity index is 575. The standard InChI is InChI=1S/C12H24N2O8S2/c1-9(2)10(7-11(15)13-3-5-23(17,18)19)8-12(16)14-4-6-24(20,21)22/h9-10H,3-8H2,1-2H3,(H,13,15)(H,14,16)(H,17,18,19)(H,20,21,22). The second-order valence-corrected chi connectivity index (χ2v) is 8.83. The van der Waals surface area contributed by atoms with Crippen LogP contribution in [-0.4, -0.2) is 62.4 Å². The number of rotatable bonds is 11. The number of nitrogens with one attached hydrogen (secondary N) is 2. The van der Waals surface area contributed by atoms with Crippen LogP contribution in [0.3, 0.4) is 0 Å². The van der Waals surface area contributed by atoms with Crippen molar-refractivity contribution in [1.82, 2.24) is 10.6 Å². The van der Waals surface area contributed by atoms with Crippen LogP contribution in [0.5, 0.6) is 0 Å². The maximum atomic E-state index is 11.7. The highest BCUT2D eigenvalue weighted by molar-refractivity contribution is 7.86. The SMILES string of the molecule is CC(C)C(CC(=O)NCCS(=O)(=O)O)CC(=O)NCCS(=O)(=O)O. The molecule has 0 rings (SSSR count). The van der Waals surface area contributed by atoms with E-state index in [1.165, 1.54) is 0 Å². The number of carbonyl (C=O) groups is 2. The molecule has 0 unspecified atom stereocenters. The Kier molecular flexibility index (Phi) is 9.40. The Balaban J connectivity index is 4.34. The Hall–Kier alpha value is -1.24. The summed E-state index contributed by atoms with van der Waals surface area (Å²) in [4.78, 5) is 23.5. The lowest BCUT2D eigenvalue weighted by Crippen LogP contribution is -2.34. The molecule has 12 heteroatoms. The van der Waals surface area contributed by atoms with Crippen molar-refractivity contribution in [2.45, 2.75) is 26.7 Å². The topological polar surface area (TPSA) is 167 Å². The van der Waals surface area contributed by atoms with Gasteiger partial charge in [-0.2, -0.15) is 16.8 Å². The van der Waals surface area contributed by atoms with Gasteiger partial charge in [-0.25, -0.2) is 0 Å². The molecule has 0 radical (unpaired) electrons. The summed E-state index contributed by atoms with van der Waals surface area (Å²) in [6, 6.07) is 0. The Morgan fingerprint density at radius 1 is 0.833 bits per heavy atom. The van der Waals surface area contributed by atoms with Gasteiger partial charge in [0.15, 0.2) is 0 Å². The highest BCUT2D eigenvalue weighted by Crippen LogP contribution is 2.19. The van der Waals surface area contributed by atoms with Crippen LogP contribution in [0.4, 0.5) is 0 Å². The third kappa shape index (κ3) is 13.2. The molecule has 10 nitrogen and oxygen atoms in total. The number of amides is 2. The molecule has 0 aliphatic rings. The zero-order valence-corrected chi connectivity index (χ0v) is 15.2. The number of hydrogen-bond acceptors (Lipinski definition) is 6. The molecule has 0 atom stereocenters. The van der Waals surface area contributed by atoms with Crippen molar-refractivity contribution in [2.75, 3.05) is 24.6 Å². The van der Waals surface area contributed by atoms with Crippen LogP contribution < -0.4 is 10.6 Å². The fourth-order valence-electron chi connectivity index (χ4n) is 1.80. The lowest BCUT2D eigenvalue weighted by Gasteiger charge is -2.20. The Labute approximate surface area is 141 Å². The van der Waals surface area contributed by atoms with E-state index < -0.39 is 43.6 Å². The van der Waals surface area contributed by atoms with Crippen molar-refractivity contribution in [3.05, 3.63) is 0 Å². The van der Waals surface area contributed by atoms with Crippen molar-refractivity contribution in [2.24, 2.45) is 11.8 Å². The van der Waals surface area contributed by atoms with Crippen molar-refractivity contribution in [3.8, 4) is 0 Å². The molecule has 142 valence electrons. The van der Waals surface area contributed by atoms with Gasteiger partial charge in [0.2, 0.25) is 11.8 Å². The van der Waals surface area contributed by atoms with Crippen LogP contribution in [0.25, 0.3) is 0 Å². The first-order valence-electron chi connectivity index (χ1n) is 7.24. The zero-order valence-electron chi connectivity index (χ0n) is 13.6. The smallest absolute Gasteiger partial charge is 0.266 e. The molecule has 0 saturated heterocycles. The van der Waals surface area contributed by atoms with Gasteiger partial charge in [0.25, 0.3) is 20.2 Å². The van der Waals surface area contributed by atoms with Crippen LogP contribution in [0.1, 0.15) is 26.7 Å². The van der Waals surface area contributed by atoms with Crippen LogP contribution in [-0.2, 0) is 29.8 Å². The number of carbonyl (C=O) groups excluding carboxylic acids is 2. The molecule has 0 aromatic heterocycles. The lowest BCUT2D eigenvalue weighted by atomic mass is 9.89. The van der Waals surface area contributed by atoms with Gasteiger partial charge < -0.3 is 10.6 Å². The van der Waals surface area contributed by atoms with E-state index in [2.05, 4.69) is 10.6 Å². The molecule has 0 aromatic carbocycles. The molecule has 0 fully saturated rings. The predicted octanol–water partition coefficient (Wildman–Crippen LogP) is -0.953. The molecule has 4 N–H and O–H groups in total. The van der Waals surface area contributed by atoms with Gasteiger partial charge in [0.05, 0.1) is 11.5 Å². The largest absolute Gasteiger partial charge is 0.355 e. The highest BCUT2D eigenvalue weighted by atomic mass is 32.2. The van der Waals surface area contributed by atoms with Gasteiger partial charge in [-0.15, -0.1) is 0 Å². The van der Waals surface area contributed by atoms with Crippen LogP contribution in [0.2, 0.25) is 0 Å². The fourth-order valence-corrected chi connectivity index (χ4v) is 2.52. The van der Waals surface area contributed by atoms with E-state index in [1.54, 1.807) is 0 Å². The Morgan fingerprint density at radius 3 is 1.42 bits per heavy atom. The summed E-state index contributed by atoms with van der Waals surface area (Å²) < 4.78 is 59.3. The van der Waals surface area contributed by atoms with E-state index in [0.717, 1.165) is 0 Å². The molecule has 0 heterocycles. The summed E-state index contributed by atoms with van der Waals surface area (Å²) >= 11 is 0. The molecule has 0 aliphatic carbocycles. The summed E-state index contributed by atoms with van der Waals surface area (Å²) in [5.41, 5.74) is 0. The Morgan fingerprint density at radius 2 is 1.17 bits per heavy atom. The van der Waals surface area contributed by atoms with E-state index in [4.69, 9.17) is 9.11 Å². The maximum absolute atomic E-state index is 11.7.